The highest BCUT2D eigenvalue weighted by Crippen LogP contribution is 2.29. The highest BCUT2D eigenvalue weighted by molar-refractivity contribution is 6.03. The lowest BCUT2D eigenvalue weighted by atomic mass is 10.0. The molecule has 1 heterocycles. The normalized spacial score (nSPS) is 11.6. The fourth-order valence-corrected chi connectivity index (χ4v) is 2.35. The van der Waals surface area contributed by atoms with Crippen molar-refractivity contribution in [2.24, 2.45) is 16.8 Å². The molecule has 0 saturated heterocycles. The van der Waals surface area contributed by atoms with Gasteiger partial charge in [-0.15, -0.1) is 0 Å². The average Bonchev–Trinajstić information content (AvgIpc) is 2.99. The van der Waals surface area contributed by atoms with Gasteiger partial charge in [-0.05, 0) is 30.3 Å². The van der Waals surface area contributed by atoms with Crippen LogP contribution in [0, 0.1) is 0 Å². The molecular formula is C15H16N6O. The van der Waals surface area contributed by atoms with Crippen molar-refractivity contribution in [1.82, 2.24) is 15.6 Å². The lowest BCUT2D eigenvalue weighted by Crippen LogP contribution is -2.31. The van der Waals surface area contributed by atoms with Gasteiger partial charge >= 0.3 is 0 Å². The summed E-state index contributed by atoms with van der Waals surface area (Å²) in [5.74, 6) is 11.9. The van der Waals surface area contributed by atoms with Crippen LogP contribution < -0.4 is 21.8 Å². The Kier molecular flexibility index (Phi) is 3.63. The molecule has 0 aliphatic rings. The number of nitrogens with two attached hydrogens (primary N) is 2. The third kappa shape index (κ3) is 2.33. The highest BCUT2D eigenvalue weighted by Gasteiger charge is 2.11. The van der Waals surface area contributed by atoms with Gasteiger partial charge in [-0.25, -0.2) is 5.84 Å². The molecule has 0 aliphatic carbocycles. The molecule has 22 heavy (non-hydrogen) atoms. The van der Waals surface area contributed by atoms with Crippen LogP contribution in [0.4, 0.5) is 0 Å². The van der Waals surface area contributed by atoms with Gasteiger partial charge in [-0.2, -0.15) is 10.2 Å². The number of H-pyrrole nitrogens is 1. The maximum absolute atomic E-state index is 5.42. The third-order valence-electron chi connectivity index (χ3n) is 3.45. The molecule has 0 atom stereocenters. The van der Waals surface area contributed by atoms with Gasteiger partial charge < -0.3 is 16.0 Å². The summed E-state index contributed by atoms with van der Waals surface area (Å²) in [6.45, 7) is 0. The van der Waals surface area contributed by atoms with Gasteiger partial charge in [-0.3, -0.25) is 5.10 Å². The molecule has 0 unspecified atom stereocenters. The third-order valence-corrected chi connectivity index (χ3v) is 3.45. The van der Waals surface area contributed by atoms with E-state index in [-0.39, 0.29) is 0 Å². The van der Waals surface area contributed by atoms with Crippen molar-refractivity contribution in [1.29, 1.82) is 0 Å². The molecule has 0 bridgehead atoms. The summed E-state index contributed by atoms with van der Waals surface area (Å²) in [4.78, 5) is 0. The lowest BCUT2D eigenvalue weighted by molar-refractivity contribution is 0.415. The predicted octanol–water partition coefficient (Wildman–Crippen LogP) is 1.32. The molecule has 1 aromatic heterocycles. The van der Waals surface area contributed by atoms with E-state index >= 15 is 0 Å². The molecule has 0 spiro atoms. The zero-order valence-corrected chi connectivity index (χ0v) is 12.0. The Morgan fingerprint density at radius 1 is 1.27 bits per heavy atom. The van der Waals surface area contributed by atoms with E-state index in [1.807, 2.05) is 42.5 Å². The standard InChI is InChI=1S/C15H16N6O/c1-22-11-4-2-3-9(7-11)14-12-8-10(15(18-16)19-17)5-6-13(12)20-21-14/h2-8H,16-17H2,1H3,(H,18,19)(H,20,21). The molecule has 0 saturated carbocycles. The summed E-state index contributed by atoms with van der Waals surface area (Å²) in [6, 6.07) is 13.4. The van der Waals surface area contributed by atoms with Gasteiger partial charge in [0.15, 0.2) is 5.84 Å². The smallest absolute Gasteiger partial charge is 0.166 e. The van der Waals surface area contributed by atoms with Crippen LogP contribution >= 0.6 is 0 Å². The summed E-state index contributed by atoms with van der Waals surface area (Å²) in [6.07, 6.45) is 0. The van der Waals surface area contributed by atoms with Gasteiger partial charge in [0.25, 0.3) is 0 Å². The predicted molar refractivity (Wildman–Crippen MR) is 86.1 cm³/mol. The second kappa shape index (κ2) is 5.74. The molecule has 0 aliphatic heterocycles. The number of hydrazone groups is 1. The van der Waals surface area contributed by atoms with Crippen LogP contribution in [0.3, 0.4) is 0 Å². The van der Waals surface area contributed by atoms with Crippen molar-refractivity contribution in [3.8, 4) is 17.0 Å². The quantitative estimate of drug-likeness (QED) is 0.252. The number of hydrazine groups is 1. The fourth-order valence-electron chi connectivity index (χ4n) is 2.35. The molecule has 7 heteroatoms. The number of benzene rings is 2. The Morgan fingerprint density at radius 3 is 2.86 bits per heavy atom. The Balaban J connectivity index is 2.16. The molecule has 3 rings (SSSR count). The Labute approximate surface area is 126 Å². The van der Waals surface area contributed by atoms with E-state index in [0.717, 1.165) is 33.5 Å². The number of fused-ring (bicyclic) bond motifs is 1. The van der Waals surface area contributed by atoms with E-state index in [9.17, 15) is 0 Å². The molecule has 6 N–H and O–H groups in total. The SMILES string of the molecule is COc1cccc(-c2n[nH]c3ccc(/C(=N/N)NN)cc23)c1. The summed E-state index contributed by atoms with van der Waals surface area (Å²) in [7, 11) is 1.64. The number of nitrogens with one attached hydrogen (secondary N) is 2. The zero-order chi connectivity index (χ0) is 15.5. The Bertz CT molecular complexity index is 839. The van der Waals surface area contributed by atoms with Gasteiger partial charge in [-0.1, -0.05) is 12.1 Å². The maximum atomic E-state index is 5.42. The van der Waals surface area contributed by atoms with Crippen molar-refractivity contribution in [3.05, 3.63) is 48.0 Å². The average molecular weight is 296 g/mol. The van der Waals surface area contributed by atoms with E-state index in [4.69, 9.17) is 16.4 Å². The van der Waals surface area contributed by atoms with Crippen molar-refractivity contribution in [2.45, 2.75) is 0 Å². The molecule has 7 nitrogen and oxygen atoms in total. The first kappa shape index (κ1) is 13.9. The second-order valence-corrected chi connectivity index (χ2v) is 4.69. The number of aromatic amines is 1. The van der Waals surface area contributed by atoms with Crippen molar-refractivity contribution in [2.75, 3.05) is 7.11 Å². The number of nitrogens with zero attached hydrogens (tertiary/aromatic N) is 2. The molecule has 2 aromatic carbocycles. The van der Waals surface area contributed by atoms with E-state index < -0.39 is 0 Å². The van der Waals surface area contributed by atoms with Gasteiger partial charge in [0.05, 0.1) is 12.6 Å². The lowest BCUT2D eigenvalue weighted by Gasteiger charge is -2.05. The molecular weight excluding hydrogens is 280 g/mol. The largest absolute Gasteiger partial charge is 0.497 e. The topological polar surface area (TPSA) is 114 Å². The highest BCUT2D eigenvalue weighted by atomic mass is 16.5. The first-order valence-corrected chi connectivity index (χ1v) is 6.64. The minimum absolute atomic E-state index is 0.402. The summed E-state index contributed by atoms with van der Waals surface area (Å²) >= 11 is 0. The number of aromatic nitrogens is 2. The minimum atomic E-state index is 0.402. The number of methoxy groups -OCH3 is 1. The van der Waals surface area contributed by atoms with Crippen molar-refractivity contribution in [3.63, 3.8) is 0 Å². The maximum Gasteiger partial charge on any atom is 0.166 e. The first-order chi connectivity index (χ1) is 10.8. The molecule has 3 aromatic rings. The minimum Gasteiger partial charge on any atom is -0.497 e. The Hall–Kier alpha value is -3.06. The number of rotatable bonds is 3. The van der Waals surface area contributed by atoms with Crippen LogP contribution in [0.2, 0.25) is 0 Å². The van der Waals surface area contributed by atoms with Crippen LogP contribution in [0.15, 0.2) is 47.6 Å². The summed E-state index contributed by atoms with van der Waals surface area (Å²) < 4.78 is 5.26. The zero-order valence-electron chi connectivity index (χ0n) is 12.0. The van der Waals surface area contributed by atoms with E-state index in [2.05, 4.69) is 20.7 Å². The summed E-state index contributed by atoms with van der Waals surface area (Å²) in [5, 5.41) is 12.0. The number of hydrogen-bond acceptors (Lipinski definition) is 5. The Morgan fingerprint density at radius 2 is 2.14 bits per heavy atom. The van der Waals surface area contributed by atoms with E-state index in [0.29, 0.717) is 5.84 Å². The number of ether oxygens (including phenoxy) is 1. The van der Waals surface area contributed by atoms with E-state index in [1.54, 1.807) is 7.11 Å². The fraction of sp³-hybridized carbons (Fsp3) is 0.0667. The molecule has 112 valence electrons. The second-order valence-electron chi connectivity index (χ2n) is 4.69. The van der Waals surface area contributed by atoms with Gasteiger partial charge in [0.2, 0.25) is 0 Å². The van der Waals surface area contributed by atoms with Crippen LogP contribution in [0.5, 0.6) is 5.75 Å². The monoisotopic (exact) mass is 296 g/mol. The van der Waals surface area contributed by atoms with Gasteiger partial charge in [0, 0.05) is 16.5 Å². The van der Waals surface area contributed by atoms with Crippen LogP contribution in [0.25, 0.3) is 22.2 Å². The van der Waals surface area contributed by atoms with Gasteiger partial charge in [0.1, 0.15) is 11.4 Å². The van der Waals surface area contributed by atoms with Crippen molar-refractivity contribution >= 4 is 16.7 Å². The van der Waals surface area contributed by atoms with Crippen LogP contribution in [0.1, 0.15) is 5.56 Å². The summed E-state index contributed by atoms with van der Waals surface area (Å²) in [5.41, 5.74) is 5.95. The molecule has 0 fully saturated rings. The van der Waals surface area contributed by atoms with E-state index in [1.165, 1.54) is 0 Å². The molecule has 0 amide bonds. The number of hydrogen-bond donors (Lipinski definition) is 4. The number of amidine groups is 1. The molecule has 0 radical (unpaired) electrons. The van der Waals surface area contributed by atoms with Crippen LogP contribution in [-0.2, 0) is 0 Å². The van der Waals surface area contributed by atoms with Crippen LogP contribution in [-0.4, -0.2) is 23.1 Å². The first-order valence-electron chi connectivity index (χ1n) is 6.64. The van der Waals surface area contributed by atoms with Crippen molar-refractivity contribution < 1.29 is 4.74 Å².